The largest absolute Gasteiger partial charge is 0 e. The number of hydrogen-bond donors (Lipinski definition) is 8. The average Bonchev–Trinajstić information content (AvgIpc) is 3.47. The maximum Gasteiger partial charge on any atom is 0 e. The van der Waals surface area contributed by atoms with Gasteiger partial charge in [-0.25, -0.2) is 0 Å². The number of ketones is 4. The van der Waals surface area contributed by atoms with Crippen LogP contribution in [0, 0.1) is 69.2 Å². The molecule has 14 nitrogen and oxygen atoms in total. The number of anilines is 7. The summed E-state index contributed by atoms with van der Waals surface area (Å²) in [5.74, 6) is -0.953. The van der Waals surface area contributed by atoms with Gasteiger partial charge in [-0.3, -0.25) is 19.2 Å². The number of fused-ring (bicyclic) bond motifs is 4. The van der Waals surface area contributed by atoms with Crippen LogP contribution in [0.5, 0.6) is 17.2 Å². The quantitative estimate of drug-likeness (QED) is 0.0244. The molecule has 2 aliphatic carbocycles. The fraction of sp³-hybridized carbons (Fsp3) is 0.175. The monoisotopic (exact) mass is 1110 g/mol. The van der Waals surface area contributed by atoms with Crippen molar-refractivity contribution in [1.82, 2.24) is 0 Å². The molecule has 0 spiro atoms. The minimum Gasteiger partial charge on any atom is 0 e. The van der Waals surface area contributed by atoms with Crippen molar-refractivity contribution < 1.29 is 70.2 Å². The van der Waals surface area contributed by atoms with Crippen LogP contribution in [0.4, 0.5) is 39.8 Å². The summed E-state index contributed by atoms with van der Waals surface area (Å²) in [5.41, 5.74) is 23.2. The molecule has 79 heavy (non-hydrogen) atoms. The predicted octanol–water partition coefficient (Wildman–Crippen LogP) is 13.9. The Morgan fingerprint density at radius 3 is 0.987 bits per heavy atom. The topological polar surface area (TPSA) is 238 Å². The number of nitrogens with two attached hydrogens (primary N) is 1. The smallest absolute Gasteiger partial charge is 0 e. The molecule has 2 aliphatic rings. The second-order valence-electron chi connectivity index (χ2n) is 19.3. The summed E-state index contributed by atoms with van der Waals surface area (Å²) in [6, 6.07) is 35.2. The maximum absolute atomic E-state index is 13.8. The van der Waals surface area contributed by atoms with Crippen LogP contribution in [0.2, 0.25) is 0 Å². The van der Waals surface area contributed by atoms with Gasteiger partial charge in [-0.2, -0.15) is 0 Å². The third-order valence-electron chi connectivity index (χ3n) is 13.4. The van der Waals surface area contributed by atoms with Gasteiger partial charge in [0.25, 0.3) is 0 Å². The van der Waals surface area contributed by atoms with Gasteiger partial charge in [-0.1, -0.05) is 91.3 Å². The molecule has 0 atom stereocenters. The first-order valence-corrected chi connectivity index (χ1v) is 24.5. The van der Waals surface area contributed by atoms with Crippen molar-refractivity contribution in [2.24, 2.45) is 0 Å². The number of carbonyl (C=O) groups excluding carboxylic acids is 4. The molecule has 0 heterocycles. The molecule has 0 bridgehead atoms. The molecular weight excluding hydrogens is 1050 g/mol. The van der Waals surface area contributed by atoms with Gasteiger partial charge in [0.1, 0.15) is 17.2 Å². The molecule has 8 aromatic rings. The molecule has 0 amide bonds. The molecule has 0 saturated heterocycles. The normalized spacial score (nSPS) is 11.3. The van der Waals surface area contributed by atoms with Crippen LogP contribution < -0.4 is 21.7 Å². The molecule has 8 aromatic carbocycles. The molecule has 10 rings (SSSR count). The van der Waals surface area contributed by atoms with E-state index in [0.29, 0.717) is 50.4 Å². The average molecular weight is 1110 g/mol. The molecular formula is C63H65BN4O10Zn. The Morgan fingerprint density at radius 1 is 0.430 bits per heavy atom. The third-order valence-corrected chi connectivity index (χ3v) is 13.4. The molecule has 402 valence electrons. The van der Waals surface area contributed by atoms with Crippen LogP contribution in [0.25, 0.3) is 0 Å². The number of carbonyl (C=O) groups is 4. The molecule has 0 saturated carbocycles. The zero-order chi connectivity index (χ0) is 56.2. The van der Waals surface area contributed by atoms with E-state index in [9.17, 15) is 34.5 Å². The van der Waals surface area contributed by atoms with Gasteiger partial charge in [0.15, 0.2) is 23.1 Å². The molecule has 0 radical (unpaired) electrons. The molecule has 9 N–H and O–H groups in total. The van der Waals surface area contributed by atoms with Crippen molar-refractivity contribution in [3.8, 4) is 17.2 Å². The minimum atomic E-state index is -0.375. The third kappa shape index (κ3) is 12.8. The van der Waals surface area contributed by atoms with Gasteiger partial charge < -0.3 is 37.0 Å². The Kier molecular flexibility index (Phi) is 19.8. The molecule has 0 unspecified atom stereocenters. The first kappa shape index (κ1) is 61.1. The van der Waals surface area contributed by atoms with Crippen LogP contribution in [0.1, 0.15) is 128 Å². The number of hydrogen-bond acceptors (Lipinski definition) is 14. The summed E-state index contributed by atoms with van der Waals surface area (Å²) in [4.78, 5) is 56.5. The van der Waals surface area contributed by atoms with Crippen molar-refractivity contribution >= 4 is 70.3 Å². The van der Waals surface area contributed by atoms with Gasteiger partial charge in [-0.05, 0) is 162 Å². The van der Waals surface area contributed by atoms with E-state index in [1.54, 1.807) is 78.9 Å². The van der Waals surface area contributed by atoms with Gasteiger partial charge in [-0.15, -0.1) is 0 Å². The van der Waals surface area contributed by atoms with Crippen LogP contribution in [0.3, 0.4) is 0 Å². The maximum atomic E-state index is 13.8. The standard InChI is InChI=1S/C31H28N2O3.C22H17NO4.C9H13N.CH4.BHO3.Zn.H2/c1-16-12-17(2)28(18(3)13-16)32-24-10-11-25(33-29-19(4)14-21(34)15-20(29)5)27-26(24)30(35)22-8-6-7-9-23(22)31(27)36;1-11-9-13(24)10-12(2)20(11)23-16-7-8-17(25)19-18(16)21(26)14-5-3-4-6-15(14)22(19)27;1-6-4-7(2)9(10)8(3)5-6;;2-1-4-3;;/h6-15,32-34H,1-5H3;3-10,23-25H,1-2H3;4-5H,10H2,1-3H3;1H4;3H;;1H. The first-order chi connectivity index (χ1) is 36.6. The van der Waals surface area contributed by atoms with E-state index in [-0.39, 0.29) is 87.2 Å². The molecule has 0 fully saturated rings. The number of rotatable bonds is 7. The van der Waals surface area contributed by atoms with E-state index in [1.807, 2.05) is 67.5 Å². The Bertz CT molecular complexity index is 3520. The Morgan fingerprint density at radius 2 is 0.684 bits per heavy atom. The number of phenols is 3. The number of aryl methyl sites for hydroxylation is 10. The zero-order valence-corrected chi connectivity index (χ0v) is 48.1. The van der Waals surface area contributed by atoms with E-state index in [1.165, 1.54) is 22.8 Å². The summed E-state index contributed by atoms with van der Waals surface area (Å²) in [6.45, 7) is 19.7. The predicted molar refractivity (Wildman–Crippen MR) is 311 cm³/mol. The minimum absolute atomic E-state index is 0. The number of nitrogen functional groups attached to an aromatic ring is 1. The number of benzene rings is 8. The molecule has 0 aromatic heterocycles. The van der Waals surface area contributed by atoms with E-state index >= 15 is 0 Å². The van der Waals surface area contributed by atoms with E-state index in [0.717, 1.165) is 61.7 Å². The van der Waals surface area contributed by atoms with Crippen LogP contribution in [-0.4, -0.2) is 51.1 Å². The van der Waals surface area contributed by atoms with Gasteiger partial charge in [0, 0.05) is 65.9 Å². The number of phenolic OH excluding ortho intramolecular Hbond substituents is 3. The second kappa shape index (κ2) is 25.6. The van der Waals surface area contributed by atoms with Crippen molar-refractivity contribution in [2.45, 2.75) is 76.7 Å². The summed E-state index contributed by atoms with van der Waals surface area (Å²) >= 11 is 0. The Hall–Kier alpha value is -8.71. The van der Waals surface area contributed by atoms with E-state index in [4.69, 9.17) is 15.7 Å². The van der Waals surface area contributed by atoms with Crippen molar-refractivity contribution in [2.75, 3.05) is 21.7 Å². The molecule has 16 heteroatoms. The SMILES string of the molecule is C.Cc1cc(C)c(N)c(C)c1.Cc1cc(C)c(Nc2ccc(Nc3c(C)cc(O)cc3C)c3c2C(=O)c2ccccc2C3=O)c(C)c1.Cc1cc(O)cc(C)c1Nc1ccc(O)c2c1C(=O)c1ccccc1C2=O.O=BOO.[HH].[Zn]. The summed E-state index contributed by atoms with van der Waals surface area (Å²) in [6.07, 6.45) is 0. The molecule has 0 aliphatic heterocycles. The second-order valence-corrected chi connectivity index (χ2v) is 19.3. The fourth-order valence-electron chi connectivity index (χ4n) is 9.99. The van der Waals surface area contributed by atoms with Gasteiger partial charge in [0.05, 0.1) is 39.3 Å². The fourth-order valence-corrected chi connectivity index (χ4v) is 9.99. The summed E-state index contributed by atoms with van der Waals surface area (Å²) in [7, 11) is -0.0694. The van der Waals surface area contributed by atoms with Gasteiger partial charge >= 0.3 is 22.1 Å². The Labute approximate surface area is 475 Å². The van der Waals surface area contributed by atoms with Crippen molar-refractivity contribution in [1.29, 1.82) is 0 Å². The number of aromatic hydroxyl groups is 3. The zero-order valence-electron chi connectivity index (χ0n) is 45.1. The summed E-state index contributed by atoms with van der Waals surface area (Å²) in [5, 5.41) is 47.0. The van der Waals surface area contributed by atoms with Crippen molar-refractivity contribution in [3.63, 3.8) is 0 Å². The van der Waals surface area contributed by atoms with Crippen LogP contribution in [-0.2, 0) is 29.0 Å². The Balaban J connectivity index is 0.000000275. The van der Waals surface area contributed by atoms with Crippen LogP contribution in [0.15, 0.2) is 121 Å². The van der Waals surface area contributed by atoms with E-state index in [2.05, 4.69) is 58.9 Å². The van der Waals surface area contributed by atoms with Crippen LogP contribution >= 0.6 is 0 Å². The van der Waals surface area contributed by atoms with E-state index < -0.39 is 0 Å². The number of nitrogens with one attached hydrogen (secondary N) is 3. The van der Waals surface area contributed by atoms with Gasteiger partial charge in [0.2, 0.25) is 0 Å². The van der Waals surface area contributed by atoms with Crippen molar-refractivity contribution in [3.05, 3.63) is 221 Å². The summed E-state index contributed by atoms with van der Waals surface area (Å²) < 4.78 is 8.70. The first-order valence-electron chi connectivity index (χ1n) is 24.5.